The molecule has 0 spiro atoms. The van der Waals surface area contributed by atoms with E-state index in [2.05, 4.69) is 18.7 Å². The molecule has 0 saturated carbocycles. The van der Waals surface area contributed by atoms with Gasteiger partial charge in [-0.3, -0.25) is 9.59 Å². The Labute approximate surface area is 188 Å². The Bertz CT molecular complexity index is 999. The molecule has 3 rings (SSSR count). The predicted octanol–water partition coefficient (Wildman–Crippen LogP) is 3.47. The van der Waals surface area contributed by atoms with Gasteiger partial charge in [0.15, 0.2) is 0 Å². The molecule has 170 valence electrons. The summed E-state index contributed by atoms with van der Waals surface area (Å²) >= 11 is 0. The number of amides is 1. The molecule has 0 bridgehead atoms. The second-order valence-corrected chi connectivity index (χ2v) is 7.49. The van der Waals surface area contributed by atoms with Gasteiger partial charge in [-0.1, -0.05) is 44.2 Å². The van der Waals surface area contributed by atoms with Crippen LogP contribution >= 0.6 is 0 Å². The van der Waals surface area contributed by atoms with Gasteiger partial charge in [0.25, 0.3) is 11.7 Å². The molecule has 1 atom stereocenters. The molecule has 1 fully saturated rings. The van der Waals surface area contributed by atoms with E-state index in [-0.39, 0.29) is 11.3 Å². The maximum Gasteiger partial charge on any atom is 0.295 e. The number of aliphatic hydroxyl groups excluding tert-OH is 1. The van der Waals surface area contributed by atoms with E-state index in [1.165, 1.54) is 12.0 Å². The average molecular weight is 439 g/mol. The molecule has 1 amide bonds. The summed E-state index contributed by atoms with van der Waals surface area (Å²) < 4.78 is 10.9. The Morgan fingerprint density at radius 3 is 2.31 bits per heavy atom. The molecule has 1 aliphatic rings. The van der Waals surface area contributed by atoms with Crippen molar-refractivity contribution < 1.29 is 24.2 Å². The number of carbonyl (C=O) groups is 2. The summed E-state index contributed by atoms with van der Waals surface area (Å²) in [4.78, 5) is 29.9. The molecule has 2 aromatic rings. The number of benzene rings is 2. The van der Waals surface area contributed by atoms with Crippen LogP contribution in [0.25, 0.3) is 5.76 Å². The van der Waals surface area contributed by atoms with Crippen LogP contribution in [0.1, 0.15) is 31.0 Å². The van der Waals surface area contributed by atoms with Crippen molar-refractivity contribution in [3.63, 3.8) is 0 Å². The van der Waals surface area contributed by atoms with Crippen LogP contribution in [0.4, 0.5) is 0 Å². The minimum atomic E-state index is -0.772. The number of ether oxygens (including phenoxy) is 2. The summed E-state index contributed by atoms with van der Waals surface area (Å²) in [6.45, 7) is 6.73. The lowest BCUT2D eigenvalue weighted by atomic mass is 9.94. The van der Waals surface area contributed by atoms with Crippen molar-refractivity contribution in [3.8, 4) is 11.5 Å². The van der Waals surface area contributed by atoms with Crippen molar-refractivity contribution in [2.45, 2.75) is 19.9 Å². The van der Waals surface area contributed by atoms with Gasteiger partial charge >= 0.3 is 0 Å². The van der Waals surface area contributed by atoms with Crippen LogP contribution in [0.2, 0.25) is 0 Å². The number of ketones is 1. The van der Waals surface area contributed by atoms with Gasteiger partial charge in [0.05, 0.1) is 25.8 Å². The van der Waals surface area contributed by atoms with Crippen LogP contribution in [0.5, 0.6) is 11.5 Å². The first kappa shape index (κ1) is 23.3. The average Bonchev–Trinajstić information content (AvgIpc) is 3.09. The third kappa shape index (κ3) is 4.48. The normalized spacial score (nSPS) is 17.8. The highest BCUT2D eigenvalue weighted by Crippen LogP contribution is 2.43. The lowest BCUT2D eigenvalue weighted by molar-refractivity contribution is -0.140. The Morgan fingerprint density at radius 1 is 1.03 bits per heavy atom. The van der Waals surface area contributed by atoms with Crippen molar-refractivity contribution >= 4 is 17.4 Å². The van der Waals surface area contributed by atoms with Crippen molar-refractivity contribution in [1.82, 2.24) is 9.80 Å². The molecule has 32 heavy (non-hydrogen) atoms. The molecule has 2 aromatic carbocycles. The zero-order valence-electron chi connectivity index (χ0n) is 19.0. The molecule has 0 aliphatic carbocycles. The Kier molecular flexibility index (Phi) is 7.53. The molecule has 0 aromatic heterocycles. The quantitative estimate of drug-likeness (QED) is 0.367. The first-order valence-corrected chi connectivity index (χ1v) is 10.7. The molecular formula is C25H30N2O5. The van der Waals surface area contributed by atoms with Crippen molar-refractivity contribution in [3.05, 3.63) is 65.2 Å². The van der Waals surface area contributed by atoms with Gasteiger partial charge in [0, 0.05) is 30.3 Å². The summed E-state index contributed by atoms with van der Waals surface area (Å²) in [5, 5.41) is 11.1. The van der Waals surface area contributed by atoms with E-state index in [0.717, 1.165) is 13.1 Å². The molecule has 1 unspecified atom stereocenters. The highest BCUT2D eigenvalue weighted by atomic mass is 16.5. The van der Waals surface area contributed by atoms with E-state index in [1.807, 2.05) is 6.07 Å². The summed E-state index contributed by atoms with van der Waals surface area (Å²) in [6.07, 6.45) is 0. The standard InChI is InChI=1S/C25H30N2O5/c1-5-26(6-2)14-15-27-22(19-13-12-18(31-3)16-20(19)32-4)21(24(29)25(27)30)23(28)17-10-8-7-9-11-17/h7-13,16,22,28H,5-6,14-15H2,1-4H3. The number of methoxy groups -OCH3 is 2. The molecule has 7 heteroatoms. The van der Waals surface area contributed by atoms with E-state index >= 15 is 0 Å². The number of Topliss-reactive ketones (excluding diaryl/α,β-unsaturated/α-hetero) is 1. The van der Waals surface area contributed by atoms with Crippen LogP contribution < -0.4 is 9.47 Å². The molecule has 7 nitrogen and oxygen atoms in total. The van der Waals surface area contributed by atoms with E-state index in [1.54, 1.807) is 49.6 Å². The van der Waals surface area contributed by atoms with Gasteiger partial charge in [-0.05, 0) is 25.2 Å². The summed E-state index contributed by atoms with van der Waals surface area (Å²) in [5.74, 6) is -0.458. The number of carbonyl (C=O) groups excluding carboxylic acids is 2. The van der Waals surface area contributed by atoms with Crippen molar-refractivity contribution in [1.29, 1.82) is 0 Å². The maximum atomic E-state index is 13.1. The Hall–Kier alpha value is -3.32. The first-order valence-electron chi connectivity index (χ1n) is 10.7. The van der Waals surface area contributed by atoms with Crippen molar-refractivity contribution in [2.75, 3.05) is 40.4 Å². The van der Waals surface area contributed by atoms with E-state index in [4.69, 9.17) is 9.47 Å². The fourth-order valence-corrected chi connectivity index (χ4v) is 4.02. The van der Waals surface area contributed by atoms with Gasteiger partial charge in [-0.15, -0.1) is 0 Å². The molecule has 1 heterocycles. The number of nitrogens with zero attached hydrogens (tertiary/aromatic N) is 2. The molecule has 1 saturated heterocycles. The number of hydrogen-bond acceptors (Lipinski definition) is 6. The van der Waals surface area contributed by atoms with Gasteiger partial charge in [-0.25, -0.2) is 0 Å². The Balaban J connectivity index is 2.16. The zero-order chi connectivity index (χ0) is 23.3. The Morgan fingerprint density at radius 2 is 1.72 bits per heavy atom. The summed E-state index contributed by atoms with van der Waals surface area (Å²) in [5.41, 5.74) is 1.15. The van der Waals surface area contributed by atoms with E-state index in [9.17, 15) is 14.7 Å². The zero-order valence-corrected chi connectivity index (χ0v) is 19.0. The fraction of sp³-hybridized carbons (Fsp3) is 0.360. The predicted molar refractivity (Wildman–Crippen MR) is 123 cm³/mol. The monoisotopic (exact) mass is 438 g/mol. The smallest absolute Gasteiger partial charge is 0.295 e. The van der Waals surface area contributed by atoms with Gasteiger partial charge in [0.2, 0.25) is 0 Å². The van der Waals surface area contributed by atoms with Crippen LogP contribution in [0.3, 0.4) is 0 Å². The number of rotatable bonds is 9. The maximum absolute atomic E-state index is 13.1. The number of likely N-dealkylation sites (N-methyl/N-ethyl adjacent to an activating group) is 1. The fourth-order valence-electron chi connectivity index (χ4n) is 4.02. The second-order valence-electron chi connectivity index (χ2n) is 7.49. The van der Waals surface area contributed by atoms with Crippen LogP contribution in [0.15, 0.2) is 54.1 Å². The SMILES string of the molecule is CCN(CC)CCN1C(=O)C(=O)C(=C(O)c2ccccc2)C1c1ccc(OC)cc1OC. The molecular weight excluding hydrogens is 408 g/mol. The summed E-state index contributed by atoms with van der Waals surface area (Å²) in [6, 6.07) is 13.3. The van der Waals surface area contributed by atoms with Gasteiger partial charge in [-0.2, -0.15) is 0 Å². The second kappa shape index (κ2) is 10.3. The van der Waals surface area contributed by atoms with Crippen LogP contribution in [0, 0.1) is 0 Å². The van der Waals surface area contributed by atoms with Crippen LogP contribution in [-0.2, 0) is 9.59 Å². The summed E-state index contributed by atoms with van der Waals surface area (Å²) in [7, 11) is 3.08. The highest BCUT2D eigenvalue weighted by molar-refractivity contribution is 6.46. The topological polar surface area (TPSA) is 79.3 Å². The van der Waals surface area contributed by atoms with Crippen LogP contribution in [-0.4, -0.2) is 67.0 Å². The van der Waals surface area contributed by atoms with E-state index < -0.39 is 17.7 Å². The van der Waals surface area contributed by atoms with Crippen molar-refractivity contribution in [2.24, 2.45) is 0 Å². The minimum absolute atomic E-state index is 0.0595. The molecule has 0 radical (unpaired) electrons. The highest BCUT2D eigenvalue weighted by Gasteiger charge is 2.47. The number of hydrogen-bond donors (Lipinski definition) is 1. The van der Waals surface area contributed by atoms with E-state index in [0.29, 0.717) is 35.7 Å². The lowest BCUT2D eigenvalue weighted by Gasteiger charge is -2.29. The number of likely N-dealkylation sites (tertiary alicyclic amines) is 1. The first-order chi connectivity index (χ1) is 15.5. The van der Waals surface area contributed by atoms with Gasteiger partial charge < -0.3 is 24.4 Å². The third-order valence-corrected chi connectivity index (χ3v) is 5.87. The third-order valence-electron chi connectivity index (χ3n) is 5.87. The lowest BCUT2D eigenvalue weighted by Crippen LogP contribution is -2.38. The largest absolute Gasteiger partial charge is 0.507 e. The molecule has 1 aliphatic heterocycles. The minimum Gasteiger partial charge on any atom is -0.507 e. The molecule has 1 N–H and O–H groups in total. The number of aliphatic hydroxyl groups is 1. The van der Waals surface area contributed by atoms with Gasteiger partial charge in [0.1, 0.15) is 17.3 Å².